The summed E-state index contributed by atoms with van der Waals surface area (Å²) in [6.45, 7) is 0. The van der Waals surface area contributed by atoms with Crippen LogP contribution in [0.3, 0.4) is 0 Å². The number of aromatic hydroxyl groups is 1. The van der Waals surface area contributed by atoms with Crippen molar-refractivity contribution in [2.45, 2.75) is 93.7 Å². The molecule has 38 heavy (non-hydrogen) atoms. The topological polar surface area (TPSA) is 47.9 Å². The largest absolute Gasteiger partial charge is 0.508 e. The summed E-state index contributed by atoms with van der Waals surface area (Å²) in [4.78, 5) is 0. The monoisotopic (exact) mass is 512 g/mol. The molecule has 4 fully saturated rings. The van der Waals surface area contributed by atoms with E-state index in [1.807, 2.05) is 27.4 Å². The lowest BCUT2D eigenvalue weighted by Crippen LogP contribution is -2.51. The van der Waals surface area contributed by atoms with Crippen molar-refractivity contribution in [2.24, 2.45) is 23.2 Å². The number of methoxy groups -OCH3 is 3. The van der Waals surface area contributed by atoms with E-state index in [1.54, 1.807) is 16.7 Å². The first-order valence-corrected chi connectivity index (χ1v) is 15.3. The summed E-state index contributed by atoms with van der Waals surface area (Å²) >= 11 is 0. The third-order valence-corrected chi connectivity index (χ3v) is 13.0. The van der Waals surface area contributed by atoms with Crippen molar-refractivity contribution in [3.05, 3.63) is 63.0 Å². The Morgan fingerprint density at radius 3 is 2.18 bits per heavy atom. The second-order valence-electron chi connectivity index (χ2n) is 13.5. The van der Waals surface area contributed by atoms with Crippen LogP contribution in [-0.2, 0) is 25.2 Å². The molecule has 7 atom stereocenters. The molecule has 0 radical (unpaired) electrons. The molecule has 0 spiro atoms. The molecule has 0 aromatic heterocycles. The lowest BCUT2D eigenvalue weighted by atomic mass is 9.52. The number of hydrogen-bond acceptors (Lipinski definition) is 4. The second-order valence-corrected chi connectivity index (χ2v) is 13.5. The fourth-order valence-electron chi connectivity index (χ4n) is 12.5. The van der Waals surface area contributed by atoms with Gasteiger partial charge in [0, 0.05) is 53.9 Å². The molecule has 1 N–H and O–H groups in total. The van der Waals surface area contributed by atoms with E-state index < -0.39 is 11.2 Å². The molecule has 8 aliphatic rings. The van der Waals surface area contributed by atoms with Gasteiger partial charge in [0.1, 0.15) is 22.7 Å². The van der Waals surface area contributed by atoms with Crippen LogP contribution in [0.1, 0.15) is 88.2 Å². The van der Waals surface area contributed by atoms with Gasteiger partial charge in [-0.1, -0.05) is 43.7 Å². The summed E-state index contributed by atoms with van der Waals surface area (Å²) in [7, 11) is 5.85. The first-order chi connectivity index (χ1) is 18.6. The summed E-state index contributed by atoms with van der Waals surface area (Å²) in [5.74, 6) is 2.83. The quantitative estimate of drug-likeness (QED) is 0.444. The van der Waals surface area contributed by atoms with Crippen molar-refractivity contribution < 1.29 is 19.3 Å². The van der Waals surface area contributed by atoms with Crippen molar-refractivity contribution in [3.8, 4) is 5.75 Å². The molecule has 0 aliphatic heterocycles. The van der Waals surface area contributed by atoms with Crippen LogP contribution in [0.2, 0.25) is 0 Å². The normalized spacial score (nSPS) is 45.2. The Kier molecular flexibility index (Phi) is 4.18. The number of ether oxygens (including phenoxy) is 3. The van der Waals surface area contributed by atoms with Gasteiger partial charge in [0.2, 0.25) is 0 Å². The Morgan fingerprint density at radius 2 is 1.45 bits per heavy atom. The molecule has 9 rings (SSSR count). The highest BCUT2D eigenvalue weighted by molar-refractivity contribution is 5.82. The van der Waals surface area contributed by atoms with Gasteiger partial charge in [-0.15, -0.1) is 0 Å². The summed E-state index contributed by atoms with van der Waals surface area (Å²) in [5.41, 5.74) is 9.58. The van der Waals surface area contributed by atoms with Gasteiger partial charge in [-0.25, -0.2) is 0 Å². The molecule has 2 unspecified atom stereocenters. The average molecular weight is 513 g/mol. The summed E-state index contributed by atoms with van der Waals surface area (Å²) < 4.78 is 20.5. The average Bonchev–Trinajstić information content (AvgIpc) is 3.66. The van der Waals surface area contributed by atoms with Gasteiger partial charge in [0.15, 0.2) is 0 Å². The number of benzene rings is 1. The Bertz CT molecular complexity index is 1400. The van der Waals surface area contributed by atoms with E-state index in [-0.39, 0.29) is 10.8 Å². The highest BCUT2D eigenvalue weighted by Crippen LogP contribution is 2.88. The zero-order chi connectivity index (χ0) is 25.7. The highest BCUT2D eigenvalue weighted by atomic mass is 16.5. The van der Waals surface area contributed by atoms with Crippen LogP contribution >= 0.6 is 0 Å². The Morgan fingerprint density at radius 1 is 0.737 bits per heavy atom. The molecule has 4 nitrogen and oxygen atoms in total. The van der Waals surface area contributed by atoms with Crippen molar-refractivity contribution in [2.75, 3.05) is 21.3 Å². The summed E-state index contributed by atoms with van der Waals surface area (Å²) in [6, 6.07) is 6.19. The van der Waals surface area contributed by atoms with Gasteiger partial charge in [-0.2, -0.15) is 0 Å². The lowest BCUT2D eigenvalue weighted by molar-refractivity contribution is -0.0884. The first kappa shape index (κ1) is 22.7. The predicted octanol–water partition coefficient (Wildman–Crippen LogP) is 6.98. The molecule has 0 saturated heterocycles. The fourth-order valence-corrected chi connectivity index (χ4v) is 12.5. The third kappa shape index (κ3) is 1.94. The van der Waals surface area contributed by atoms with Crippen molar-refractivity contribution in [1.29, 1.82) is 0 Å². The molecule has 4 heteroatoms. The van der Waals surface area contributed by atoms with Crippen LogP contribution in [0.5, 0.6) is 5.75 Å². The molecule has 0 heterocycles. The zero-order valence-electron chi connectivity index (χ0n) is 23.1. The van der Waals surface area contributed by atoms with E-state index in [2.05, 4.69) is 12.1 Å². The van der Waals surface area contributed by atoms with Crippen molar-refractivity contribution >= 4 is 0 Å². The number of hydrogen-bond donors (Lipinski definition) is 1. The molecule has 200 valence electrons. The molecule has 1 aromatic rings. The molecule has 1 aromatic carbocycles. The number of fused-ring (bicyclic) bond motifs is 7. The lowest BCUT2D eigenvalue weighted by Gasteiger charge is -2.50. The van der Waals surface area contributed by atoms with Crippen molar-refractivity contribution in [1.82, 2.24) is 0 Å². The molecular formula is C34H40O4. The van der Waals surface area contributed by atoms with Gasteiger partial charge in [-0.05, 0) is 79.4 Å². The number of phenolic OH excluding ortho intramolecular Hbond substituents is 1. The third-order valence-electron chi connectivity index (χ3n) is 13.0. The van der Waals surface area contributed by atoms with E-state index in [1.165, 1.54) is 98.7 Å². The molecule has 4 bridgehead atoms. The number of rotatable bonds is 3. The summed E-state index contributed by atoms with van der Waals surface area (Å²) in [5, 5.41) is 10.8. The highest BCUT2D eigenvalue weighted by Gasteiger charge is 2.86. The van der Waals surface area contributed by atoms with E-state index in [9.17, 15) is 5.11 Å². The number of allylic oxidation sites excluding steroid dienone is 2. The SMILES string of the molecule is COC1=C2C(=C3CCCC[C@@H]31)[C@@]13CCCCC1[C@]2(OC)C1=C3[C@@]23CCCCC2[C@]1(OC)c1ccc(O)cc13. The standard InChI is InChI=1S/C34H40O4/c1-36-28-21-11-5-4-10-20(21)26-27(28)34(38-3)25-13-7-9-17-32(25,26)29-30(34)33(37-2)22-15-14-19(35)18-23(22)31(29)16-8-6-12-24(31)33/h14-15,18,21,24-25,35H,4-13,16-17H2,1-3H3/t21-,24?,25?,31+,32+,33+,34+/m0/s1. The van der Waals surface area contributed by atoms with E-state index in [0.717, 1.165) is 6.42 Å². The van der Waals surface area contributed by atoms with Gasteiger partial charge >= 0.3 is 0 Å². The van der Waals surface area contributed by atoms with E-state index in [0.29, 0.717) is 23.5 Å². The van der Waals surface area contributed by atoms with Gasteiger partial charge in [-0.3, -0.25) is 0 Å². The second kappa shape index (κ2) is 6.99. The van der Waals surface area contributed by atoms with E-state index >= 15 is 0 Å². The molecule has 0 amide bonds. The van der Waals surface area contributed by atoms with Crippen LogP contribution in [0, 0.1) is 23.2 Å². The van der Waals surface area contributed by atoms with Crippen molar-refractivity contribution in [3.63, 3.8) is 0 Å². The van der Waals surface area contributed by atoms with E-state index in [4.69, 9.17) is 14.2 Å². The minimum absolute atomic E-state index is 0.0170. The van der Waals surface area contributed by atoms with Gasteiger partial charge in [0.25, 0.3) is 0 Å². The fraction of sp³-hybridized carbons (Fsp3) is 0.647. The molecular weight excluding hydrogens is 472 g/mol. The van der Waals surface area contributed by atoms with Crippen LogP contribution < -0.4 is 0 Å². The molecule has 8 aliphatic carbocycles. The Hall–Kier alpha value is -2.04. The number of phenols is 1. The minimum Gasteiger partial charge on any atom is -0.508 e. The van der Waals surface area contributed by atoms with Gasteiger partial charge in [0.05, 0.1) is 7.11 Å². The predicted molar refractivity (Wildman–Crippen MR) is 145 cm³/mol. The van der Waals surface area contributed by atoms with Crippen LogP contribution in [0.25, 0.3) is 0 Å². The maximum Gasteiger partial charge on any atom is 0.125 e. The summed E-state index contributed by atoms with van der Waals surface area (Å²) in [6.07, 6.45) is 14.8. The van der Waals surface area contributed by atoms with Crippen LogP contribution in [0.15, 0.2) is 51.8 Å². The Balaban J connectivity index is 1.46. The zero-order valence-corrected chi connectivity index (χ0v) is 23.1. The van der Waals surface area contributed by atoms with Crippen LogP contribution in [0.4, 0.5) is 0 Å². The smallest absolute Gasteiger partial charge is 0.125 e. The Labute approximate surface area is 226 Å². The van der Waals surface area contributed by atoms with Gasteiger partial charge < -0.3 is 19.3 Å². The minimum atomic E-state index is -0.491. The maximum absolute atomic E-state index is 10.8. The molecule has 4 saturated carbocycles. The first-order valence-electron chi connectivity index (χ1n) is 15.3. The van der Waals surface area contributed by atoms with Crippen LogP contribution in [-0.4, -0.2) is 32.0 Å². The maximum atomic E-state index is 10.8.